The number of aliphatic hydroxyl groups excluding tert-OH is 1. The molecule has 1 aliphatic rings. The molecule has 3 aromatic carbocycles. The number of esters is 1. The monoisotopic (exact) mass is 638 g/mol. The SMILES string of the molecule is CC(C)Cc1cc([N+](=O)[O-])ccc1NS(=O)(=O)C[C@H](O)[C@H](Cc1ccccc1)NC(=O)CC1C(=O)Oc2cc(N)ccc2C1C. The van der Waals surface area contributed by atoms with Crippen molar-refractivity contribution < 1.29 is 32.8 Å². The minimum absolute atomic E-state index is 0.0853. The lowest BCUT2D eigenvalue weighted by Gasteiger charge is -2.30. The number of amides is 1. The number of nitrogens with zero attached hydrogens (tertiary/aromatic N) is 1. The number of nitrogens with two attached hydrogens (primary N) is 1. The third-order valence-electron chi connectivity index (χ3n) is 7.74. The molecular formula is C32H38N4O8S. The van der Waals surface area contributed by atoms with E-state index >= 15 is 0 Å². The largest absolute Gasteiger partial charge is 0.426 e. The Labute approximate surface area is 262 Å². The molecule has 0 saturated heterocycles. The Balaban J connectivity index is 1.51. The first-order chi connectivity index (χ1) is 21.2. The zero-order valence-corrected chi connectivity index (χ0v) is 26.1. The van der Waals surface area contributed by atoms with Crippen molar-refractivity contribution in [2.24, 2.45) is 11.8 Å². The molecule has 2 unspecified atom stereocenters. The first kappa shape index (κ1) is 33.4. The molecule has 1 amide bonds. The molecule has 4 atom stereocenters. The van der Waals surface area contributed by atoms with Gasteiger partial charge in [-0.15, -0.1) is 0 Å². The number of fused-ring (bicyclic) bond motifs is 1. The minimum Gasteiger partial charge on any atom is -0.426 e. The van der Waals surface area contributed by atoms with Crippen molar-refractivity contribution >= 4 is 39.0 Å². The molecule has 0 bridgehead atoms. The number of ether oxygens (including phenoxy) is 1. The molecule has 0 aromatic heterocycles. The van der Waals surface area contributed by atoms with Crippen molar-refractivity contribution in [2.45, 2.75) is 58.1 Å². The van der Waals surface area contributed by atoms with Gasteiger partial charge in [0.2, 0.25) is 15.9 Å². The summed E-state index contributed by atoms with van der Waals surface area (Å²) >= 11 is 0. The van der Waals surface area contributed by atoms with Crippen LogP contribution in [0.2, 0.25) is 0 Å². The van der Waals surface area contributed by atoms with E-state index in [9.17, 15) is 33.2 Å². The molecule has 1 heterocycles. The third-order valence-corrected chi connectivity index (χ3v) is 9.05. The fourth-order valence-corrected chi connectivity index (χ4v) is 6.75. The lowest BCUT2D eigenvalue weighted by atomic mass is 9.82. The maximum atomic E-state index is 13.3. The molecular weight excluding hydrogens is 600 g/mol. The zero-order valence-electron chi connectivity index (χ0n) is 25.3. The number of nitrogens with one attached hydrogen (secondary N) is 2. The van der Waals surface area contributed by atoms with Crippen LogP contribution in [0.1, 0.15) is 49.8 Å². The van der Waals surface area contributed by atoms with E-state index in [0.29, 0.717) is 23.4 Å². The highest BCUT2D eigenvalue weighted by Crippen LogP contribution is 2.40. The standard InChI is InChI=1S/C32H38N4O8S/c1-19(2)13-22-15-24(36(40)41)10-12-27(22)35-45(42,43)18-29(37)28(14-21-7-5-4-6-8-21)34-31(38)17-26-20(3)25-11-9-23(33)16-30(25)44-32(26)39/h4-12,15-16,19-20,26,28-29,35,37H,13-14,17-18,33H2,1-3H3,(H,34,38)/t20?,26?,28-,29-/m0/s1. The van der Waals surface area contributed by atoms with Gasteiger partial charge in [-0.1, -0.05) is 57.2 Å². The molecule has 12 nitrogen and oxygen atoms in total. The molecule has 1 aliphatic heterocycles. The van der Waals surface area contributed by atoms with Crippen LogP contribution >= 0.6 is 0 Å². The average molecular weight is 639 g/mol. The predicted octanol–water partition coefficient (Wildman–Crippen LogP) is 3.93. The normalized spacial score (nSPS) is 17.6. The second kappa shape index (κ2) is 14.1. The molecule has 0 saturated carbocycles. The van der Waals surface area contributed by atoms with Crippen LogP contribution in [0, 0.1) is 22.0 Å². The second-order valence-corrected chi connectivity index (χ2v) is 13.6. The fraction of sp³-hybridized carbons (Fsp3) is 0.375. The van der Waals surface area contributed by atoms with Crippen LogP contribution < -0.4 is 20.5 Å². The van der Waals surface area contributed by atoms with Gasteiger partial charge >= 0.3 is 5.97 Å². The number of nitrogen functional groups attached to an aromatic ring is 1. The number of benzene rings is 3. The predicted molar refractivity (Wildman–Crippen MR) is 170 cm³/mol. The summed E-state index contributed by atoms with van der Waals surface area (Å²) in [7, 11) is -4.19. The van der Waals surface area contributed by atoms with Gasteiger partial charge in [0.05, 0.1) is 34.4 Å². The van der Waals surface area contributed by atoms with Crippen molar-refractivity contribution in [2.75, 3.05) is 16.2 Å². The molecule has 3 aromatic rings. The van der Waals surface area contributed by atoms with Crippen LogP contribution in [0.25, 0.3) is 0 Å². The van der Waals surface area contributed by atoms with Crippen molar-refractivity contribution in [3.8, 4) is 5.75 Å². The first-order valence-corrected chi connectivity index (χ1v) is 16.3. The number of sulfonamides is 1. The van der Waals surface area contributed by atoms with E-state index in [1.54, 1.807) is 42.5 Å². The molecule has 45 heavy (non-hydrogen) atoms. The van der Waals surface area contributed by atoms with E-state index in [0.717, 1.165) is 11.1 Å². The first-order valence-electron chi connectivity index (χ1n) is 14.6. The summed E-state index contributed by atoms with van der Waals surface area (Å²) in [6.45, 7) is 5.62. The number of non-ortho nitro benzene ring substituents is 1. The summed E-state index contributed by atoms with van der Waals surface area (Å²) in [6.07, 6.45) is -1.28. The Morgan fingerprint density at radius 3 is 2.47 bits per heavy atom. The Morgan fingerprint density at radius 2 is 1.80 bits per heavy atom. The Morgan fingerprint density at radius 1 is 1.09 bits per heavy atom. The number of nitro groups is 1. The zero-order chi connectivity index (χ0) is 32.9. The third kappa shape index (κ3) is 8.79. The van der Waals surface area contributed by atoms with Gasteiger partial charge in [0.1, 0.15) is 5.75 Å². The topological polar surface area (TPSA) is 191 Å². The van der Waals surface area contributed by atoms with Gasteiger partial charge in [-0.3, -0.25) is 24.4 Å². The molecule has 4 rings (SSSR count). The summed E-state index contributed by atoms with van der Waals surface area (Å²) in [5.74, 6) is -2.62. The van der Waals surface area contributed by atoms with Crippen molar-refractivity contribution in [1.82, 2.24) is 5.32 Å². The Kier molecular flexibility index (Phi) is 10.5. The van der Waals surface area contributed by atoms with Crippen molar-refractivity contribution in [3.63, 3.8) is 0 Å². The summed E-state index contributed by atoms with van der Waals surface area (Å²) < 4.78 is 34.4. The summed E-state index contributed by atoms with van der Waals surface area (Å²) in [5, 5.41) is 25.2. The lowest BCUT2D eigenvalue weighted by Crippen LogP contribution is -2.49. The minimum atomic E-state index is -4.19. The smallest absolute Gasteiger partial charge is 0.315 e. The van der Waals surface area contributed by atoms with Crippen molar-refractivity contribution in [1.29, 1.82) is 0 Å². The number of hydrogen-bond donors (Lipinski definition) is 4. The van der Waals surface area contributed by atoms with E-state index in [-0.39, 0.29) is 36.1 Å². The fourth-order valence-electron chi connectivity index (χ4n) is 5.45. The van der Waals surface area contributed by atoms with Gasteiger partial charge in [-0.05, 0) is 53.5 Å². The molecule has 5 N–H and O–H groups in total. The lowest BCUT2D eigenvalue weighted by molar-refractivity contribution is -0.384. The van der Waals surface area contributed by atoms with Gasteiger partial charge in [0.15, 0.2) is 0 Å². The Bertz CT molecular complexity index is 1660. The Hall–Kier alpha value is -4.49. The molecule has 240 valence electrons. The summed E-state index contributed by atoms with van der Waals surface area (Å²) in [4.78, 5) is 36.9. The quantitative estimate of drug-likeness (QED) is 0.0706. The molecule has 0 radical (unpaired) electrons. The van der Waals surface area contributed by atoms with Gasteiger partial charge in [0.25, 0.3) is 5.69 Å². The van der Waals surface area contributed by atoms with Crippen LogP contribution in [0.4, 0.5) is 17.1 Å². The number of carbonyl (C=O) groups is 2. The number of hydrogen-bond acceptors (Lipinski definition) is 9. The van der Waals surface area contributed by atoms with Crippen LogP contribution in [0.15, 0.2) is 66.7 Å². The van der Waals surface area contributed by atoms with Gasteiger partial charge in [-0.25, -0.2) is 8.42 Å². The van der Waals surface area contributed by atoms with Crippen LogP contribution in [0.3, 0.4) is 0 Å². The van der Waals surface area contributed by atoms with E-state index in [2.05, 4.69) is 10.0 Å². The number of carbonyl (C=O) groups excluding carboxylic acids is 2. The van der Waals surface area contributed by atoms with Crippen molar-refractivity contribution in [3.05, 3.63) is 93.5 Å². The number of anilines is 2. The highest BCUT2D eigenvalue weighted by atomic mass is 32.2. The molecule has 0 spiro atoms. The van der Waals surface area contributed by atoms with E-state index < -0.39 is 50.6 Å². The van der Waals surface area contributed by atoms with Crippen LogP contribution in [0.5, 0.6) is 5.75 Å². The summed E-state index contributed by atoms with van der Waals surface area (Å²) in [6, 6.07) is 16.8. The number of aliphatic hydroxyl groups is 1. The summed E-state index contributed by atoms with van der Waals surface area (Å²) in [5.41, 5.74) is 8.20. The highest BCUT2D eigenvalue weighted by Gasteiger charge is 2.37. The van der Waals surface area contributed by atoms with E-state index in [4.69, 9.17) is 10.5 Å². The van der Waals surface area contributed by atoms with Crippen LogP contribution in [-0.4, -0.2) is 48.2 Å². The van der Waals surface area contributed by atoms with E-state index in [1.165, 1.54) is 18.2 Å². The molecule has 0 fully saturated rings. The second-order valence-electron chi connectivity index (χ2n) is 11.8. The number of rotatable bonds is 13. The average Bonchev–Trinajstić information content (AvgIpc) is 2.95. The molecule has 13 heteroatoms. The molecule has 0 aliphatic carbocycles. The number of nitro benzene ring substituents is 1. The van der Waals surface area contributed by atoms with Gasteiger partial charge < -0.3 is 20.9 Å². The highest BCUT2D eigenvalue weighted by molar-refractivity contribution is 7.92. The maximum absolute atomic E-state index is 13.3. The van der Waals surface area contributed by atoms with E-state index in [1.807, 2.05) is 26.8 Å². The van der Waals surface area contributed by atoms with Gasteiger partial charge in [0, 0.05) is 30.3 Å². The maximum Gasteiger partial charge on any atom is 0.315 e. The van der Waals surface area contributed by atoms with Gasteiger partial charge in [-0.2, -0.15) is 0 Å². The van der Waals surface area contributed by atoms with Crippen LogP contribution in [-0.2, 0) is 32.5 Å².